The number of hydrogen-bond donors (Lipinski definition) is 1. The molecule has 0 heterocycles. The Kier molecular flexibility index (Phi) is 16.4. The van der Waals surface area contributed by atoms with Crippen molar-refractivity contribution >= 4 is 5.91 Å². The van der Waals surface area contributed by atoms with E-state index in [-0.39, 0.29) is 5.91 Å². The molecule has 0 unspecified atom stereocenters. The smallest absolute Gasteiger partial charge is 0.220 e. The lowest BCUT2D eigenvalue weighted by Gasteiger charge is -2.10. The van der Waals surface area contributed by atoms with Crippen molar-refractivity contribution in [2.45, 2.75) is 103 Å². The third kappa shape index (κ3) is 13.9. The zero-order chi connectivity index (χ0) is 22.6. The van der Waals surface area contributed by atoms with E-state index in [0.717, 1.165) is 18.4 Å². The fourth-order valence-corrected chi connectivity index (χ4v) is 3.64. The third-order valence-electron chi connectivity index (χ3n) is 5.60. The summed E-state index contributed by atoms with van der Waals surface area (Å²) in [6.45, 7) is 2.78. The van der Waals surface area contributed by atoms with E-state index in [1.165, 1.54) is 70.6 Å². The number of carbonyl (C=O) groups is 1. The maximum Gasteiger partial charge on any atom is 0.220 e. The van der Waals surface area contributed by atoms with E-state index in [0.29, 0.717) is 24.5 Å². The Bertz CT molecular complexity index is 612. The average molecular weight is 432 g/mol. The Balaban J connectivity index is 1.96. The molecule has 0 saturated carbocycles. The molecule has 1 amide bonds. The van der Waals surface area contributed by atoms with Crippen LogP contribution in [0.15, 0.2) is 30.4 Å². The van der Waals surface area contributed by atoms with Gasteiger partial charge in [0, 0.05) is 13.0 Å². The molecule has 1 aromatic rings. The summed E-state index contributed by atoms with van der Waals surface area (Å²) < 4.78 is 10.5. The van der Waals surface area contributed by atoms with Crippen LogP contribution in [0.5, 0.6) is 11.5 Å². The zero-order valence-electron chi connectivity index (χ0n) is 20.2. The lowest BCUT2D eigenvalue weighted by molar-refractivity contribution is -0.121. The van der Waals surface area contributed by atoms with Crippen LogP contribution in [-0.4, -0.2) is 20.1 Å². The topological polar surface area (TPSA) is 47.6 Å². The summed E-state index contributed by atoms with van der Waals surface area (Å²) >= 11 is 0. The van der Waals surface area contributed by atoms with E-state index in [1.807, 2.05) is 18.2 Å². The van der Waals surface area contributed by atoms with E-state index < -0.39 is 0 Å². The van der Waals surface area contributed by atoms with E-state index in [4.69, 9.17) is 9.47 Å². The fourth-order valence-electron chi connectivity index (χ4n) is 3.64. The van der Waals surface area contributed by atoms with Gasteiger partial charge in [-0.15, -0.1) is 0 Å². The maximum absolute atomic E-state index is 12.1. The van der Waals surface area contributed by atoms with Gasteiger partial charge in [-0.05, 0) is 49.8 Å². The average Bonchev–Trinajstić information content (AvgIpc) is 2.79. The number of methoxy groups -OCH3 is 2. The highest BCUT2D eigenvalue weighted by molar-refractivity contribution is 5.75. The zero-order valence-corrected chi connectivity index (χ0v) is 20.2. The van der Waals surface area contributed by atoms with Gasteiger partial charge in [0.05, 0.1) is 14.2 Å². The molecule has 1 rings (SSSR count). The van der Waals surface area contributed by atoms with E-state index in [2.05, 4.69) is 24.4 Å². The van der Waals surface area contributed by atoms with Crippen molar-refractivity contribution in [3.05, 3.63) is 35.9 Å². The van der Waals surface area contributed by atoms with Crippen molar-refractivity contribution in [2.24, 2.45) is 0 Å². The first-order chi connectivity index (χ1) is 15.2. The maximum atomic E-state index is 12.1. The first-order valence-electron chi connectivity index (χ1n) is 12.3. The Hall–Kier alpha value is -1.97. The number of carbonyl (C=O) groups excluding carboxylic acids is 1. The second kappa shape index (κ2) is 18.8. The molecule has 4 nitrogen and oxygen atoms in total. The molecule has 0 spiro atoms. The molecule has 0 radical (unpaired) electrons. The number of unbranched alkanes of at least 4 members (excludes halogenated alkanes) is 11. The number of benzene rings is 1. The molecule has 0 saturated heterocycles. The Morgan fingerprint density at radius 3 is 2.00 bits per heavy atom. The fraction of sp³-hybridized carbons (Fsp3) is 0.667. The predicted molar refractivity (Wildman–Crippen MR) is 131 cm³/mol. The lowest BCUT2D eigenvalue weighted by Crippen LogP contribution is -2.22. The van der Waals surface area contributed by atoms with Crippen LogP contribution in [0.4, 0.5) is 0 Å². The first-order valence-corrected chi connectivity index (χ1v) is 12.3. The summed E-state index contributed by atoms with van der Waals surface area (Å²) in [5.41, 5.74) is 1.01. The minimum atomic E-state index is 0.118. The quantitative estimate of drug-likeness (QED) is 0.184. The molecule has 1 N–H and O–H groups in total. The summed E-state index contributed by atoms with van der Waals surface area (Å²) in [6, 6.07) is 5.72. The molecule has 0 fully saturated rings. The van der Waals surface area contributed by atoms with Gasteiger partial charge in [-0.3, -0.25) is 4.79 Å². The number of allylic oxidation sites excluding steroid dienone is 2. The van der Waals surface area contributed by atoms with Crippen LogP contribution >= 0.6 is 0 Å². The van der Waals surface area contributed by atoms with Crippen molar-refractivity contribution < 1.29 is 14.3 Å². The highest BCUT2D eigenvalue weighted by atomic mass is 16.5. The predicted octanol–water partition coefficient (Wildman–Crippen LogP) is 7.36. The SMILES string of the molecule is CCCCCCCC/C=C\CCCCCCCC(=O)NCc1ccc(OC)c(OC)c1. The third-order valence-corrected chi connectivity index (χ3v) is 5.60. The van der Waals surface area contributed by atoms with Crippen LogP contribution in [0.2, 0.25) is 0 Å². The Morgan fingerprint density at radius 2 is 1.39 bits per heavy atom. The number of nitrogens with one attached hydrogen (secondary N) is 1. The molecular formula is C27H45NO3. The molecule has 4 heteroatoms. The summed E-state index contributed by atoms with van der Waals surface area (Å²) in [7, 11) is 3.24. The van der Waals surface area contributed by atoms with Gasteiger partial charge in [0.15, 0.2) is 11.5 Å². The summed E-state index contributed by atoms with van der Waals surface area (Å²) in [4.78, 5) is 12.1. The number of hydrogen-bond acceptors (Lipinski definition) is 3. The second-order valence-corrected chi connectivity index (χ2v) is 8.30. The summed E-state index contributed by atoms with van der Waals surface area (Å²) in [6.07, 6.45) is 21.8. The molecule has 0 aliphatic heterocycles. The van der Waals surface area contributed by atoms with Crippen molar-refractivity contribution in [3.63, 3.8) is 0 Å². The standard InChI is InChI=1S/C27H45NO3/c1-4-5-6-7-8-9-10-11-12-13-14-15-16-17-18-19-27(29)28-23-24-20-21-25(30-2)26(22-24)31-3/h11-12,20-22H,4-10,13-19,23H2,1-3H3,(H,28,29)/b12-11-. The van der Waals surface area contributed by atoms with Gasteiger partial charge in [-0.1, -0.05) is 76.5 Å². The van der Waals surface area contributed by atoms with Crippen LogP contribution in [-0.2, 0) is 11.3 Å². The monoisotopic (exact) mass is 431 g/mol. The Labute approximate surface area is 190 Å². The Morgan fingerprint density at radius 1 is 0.806 bits per heavy atom. The number of amides is 1. The van der Waals surface area contributed by atoms with Gasteiger partial charge in [0.1, 0.15) is 0 Å². The number of ether oxygens (including phenoxy) is 2. The van der Waals surface area contributed by atoms with Gasteiger partial charge in [-0.25, -0.2) is 0 Å². The van der Waals surface area contributed by atoms with Crippen LogP contribution in [0, 0.1) is 0 Å². The molecule has 0 aromatic heterocycles. The minimum Gasteiger partial charge on any atom is -0.493 e. The second-order valence-electron chi connectivity index (χ2n) is 8.30. The van der Waals surface area contributed by atoms with Crippen LogP contribution < -0.4 is 14.8 Å². The van der Waals surface area contributed by atoms with Crippen molar-refractivity contribution in [1.29, 1.82) is 0 Å². The van der Waals surface area contributed by atoms with Crippen LogP contribution in [0.3, 0.4) is 0 Å². The molecule has 176 valence electrons. The lowest BCUT2D eigenvalue weighted by atomic mass is 10.1. The molecule has 0 atom stereocenters. The summed E-state index contributed by atoms with van der Waals surface area (Å²) in [5.74, 6) is 1.50. The van der Waals surface area contributed by atoms with E-state index in [9.17, 15) is 4.79 Å². The van der Waals surface area contributed by atoms with Gasteiger partial charge in [0.25, 0.3) is 0 Å². The van der Waals surface area contributed by atoms with Gasteiger partial charge in [-0.2, -0.15) is 0 Å². The highest BCUT2D eigenvalue weighted by Crippen LogP contribution is 2.27. The van der Waals surface area contributed by atoms with Crippen LogP contribution in [0.1, 0.15) is 102 Å². The van der Waals surface area contributed by atoms with Gasteiger partial charge in [0.2, 0.25) is 5.91 Å². The number of rotatable bonds is 19. The molecule has 31 heavy (non-hydrogen) atoms. The molecule has 1 aromatic carbocycles. The first kappa shape index (κ1) is 27.1. The molecular weight excluding hydrogens is 386 g/mol. The highest BCUT2D eigenvalue weighted by Gasteiger charge is 2.06. The van der Waals surface area contributed by atoms with E-state index >= 15 is 0 Å². The van der Waals surface area contributed by atoms with Crippen LogP contribution in [0.25, 0.3) is 0 Å². The molecule has 0 aliphatic carbocycles. The largest absolute Gasteiger partial charge is 0.493 e. The minimum absolute atomic E-state index is 0.118. The summed E-state index contributed by atoms with van der Waals surface area (Å²) in [5, 5.41) is 2.99. The van der Waals surface area contributed by atoms with Gasteiger partial charge < -0.3 is 14.8 Å². The van der Waals surface area contributed by atoms with Crippen molar-refractivity contribution in [1.82, 2.24) is 5.32 Å². The van der Waals surface area contributed by atoms with Gasteiger partial charge >= 0.3 is 0 Å². The molecule has 0 bridgehead atoms. The van der Waals surface area contributed by atoms with Crippen molar-refractivity contribution in [2.75, 3.05) is 14.2 Å². The van der Waals surface area contributed by atoms with E-state index in [1.54, 1.807) is 14.2 Å². The van der Waals surface area contributed by atoms with Crippen molar-refractivity contribution in [3.8, 4) is 11.5 Å². The molecule has 0 aliphatic rings. The normalized spacial score (nSPS) is 11.1.